The number of carbonyl (C=O) groups excluding carboxylic acids is 2. The summed E-state index contributed by atoms with van der Waals surface area (Å²) < 4.78 is 38.8. The lowest BCUT2D eigenvalue weighted by Crippen LogP contribution is -2.28. The van der Waals surface area contributed by atoms with Crippen molar-refractivity contribution in [2.24, 2.45) is 11.8 Å². The summed E-state index contributed by atoms with van der Waals surface area (Å²) in [6.07, 6.45) is 5.32. The Hall–Kier alpha value is -1.30. The van der Waals surface area contributed by atoms with Crippen LogP contribution in [0.15, 0.2) is 12.2 Å². The maximum atomic E-state index is 13.8. The fraction of sp³-hybridized carbons (Fsp3) is 0.789. The van der Waals surface area contributed by atoms with Crippen LogP contribution in [0.2, 0.25) is 0 Å². The highest BCUT2D eigenvalue weighted by Gasteiger charge is 2.49. The summed E-state index contributed by atoms with van der Waals surface area (Å²) >= 11 is 0. The monoisotopic (exact) mass is 358 g/mol. The summed E-state index contributed by atoms with van der Waals surface area (Å²) in [5.41, 5.74) is 0. The fourth-order valence-corrected chi connectivity index (χ4v) is 3.56. The number of halogens is 2. The second kappa shape index (κ2) is 8.88. The minimum atomic E-state index is -3.33. The molecular weight excluding hydrogens is 330 g/mol. The van der Waals surface area contributed by atoms with Gasteiger partial charge in [0.05, 0.1) is 12.5 Å². The minimum Gasteiger partial charge on any atom is -0.462 e. The van der Waals surface area contributed by atoms with Crippen LogP contribution >= 0.6 is 0 Å². The molecule has 1 aliphatic carbocycles. The number of hydrogen-bond donors (Lipinski definition) is 0. The standard InChI is InChI=1S/C19H28F2O4/c1-3-5-9-19(20,21)17(22)8-7-13-14-11-18(23)25-16(14)12-15(13)24-10-6-4-2/h7-8,13-16H,3-6,9-12H2,1-2H3/b8-7+/t13-,14-,15-,16+/m1/s1. The third-order valence-electron chi connectivity index (χ3n) is 5.06. The number of carbonyl (C=O) groups is 2. The van der Waals surface area contributed by atoms with E-state index in [9.17, 15) is 18.4 Å². The van der Waals surface area contributed by atoms with Gasteiger partial charge < -0.3 is 9.47 Å². The summed E-state index contributed by atoms with van der Waals surface area (Å²) in [6.45, 7) is 4.45. The molecule has 0 aromatic carbocycles. The van der Waals surface area contributed by atoms with Gasteiger partial charge in [-0.3, -0.25) is 9.59 Å². The van der Waals surface area contributed by atoms with Crippen LogP contribution in [0.3, 0.4) is 0 Å². The highest BCUT2D eigenvalue weighted by atomic mass is 19.3. The van der Waals surface area contributed by atoms with Gasteiger partial charge in [0.2, 0.25) is 5.78 Å². The second-order valence-electron chi connectivity index (χ2n) is 7.00. The number of hydrogen-bond acceptors (Lipinski definition) is 4. The number of allylic oxidation sites excluding steroid dienone is 1. The van der Waals surface area contributed by atoms with E-state index in [0.717, 1.165) is 18.9 Å². The summed E-state index contributed by atoms with van der Waals surface area (Å²) in [5, 5.41) is 0. The number of alkyl halides is 2. The van der Waals surface area contributed by atoms with Gasteiger partial charge in [0.1, 0.15) is 6.10 Å². The molecule has 1 heterocycles. The lowest BCUT2D eigenvalue weighted by atomic mass is 9.91. The molecule has 2 fully saturated rings. The van der Waals surface area contributed by atoms with Crippen molar-refractivity contribution in [3.63, 3.8) is 0 Å². The van der Waals surface area contributed by atoms with Gasteiger partial charge in [0.25, 0.3) is 0 Å². The van der Waals surface area contributed by atoms with Crippen molar-refractivity contribution in [2.45, 2.75) is 76.9 Å². The highest BCUT2D eigenvalue weighted by molar-refractivity contribution is 5.95. The normalized spacial score (nSPS) is 29.2. The molecule has 0 unspecified atom stereocenters. The molecule has 142 valence electrons. The Morgan fingerprint density at radius 3 is 2.72 bits per heavy atom. The van der Waals surface area contributed by atoms with Crippen LogP contribution in [0.1, 0.15) is 58.8 Å². The fourth-order valence-electron chi connectivity index (χ4n) is 3.56. The molecule has 6 heteroatoms. The largest absolute Gasteiger partial charge is 0.462 e. The molecule has 2 aliphatic rings. The van der Waals surface area contributed by atoms with Crippen molar-refractivity contribution < 1.29 is 27.8 Å². The maximum Gasteiger partial charge on any atom is 0.309 e. The van der Waals surface area contributed by atoms with Crippen molar-refractivity contribution >= 4 is 11.8 Å². The molecule has 4 atom stereocenters. The van der Waals surface area contributed by atoms with Crippen molar-refractivity contribution in [2.75, 3.05) is 6.61 Å². The van der Waals surface area contributed by atoms with Crippen molar-refractivity contribution in [1.29, 1.82) is 0 Å². The molecule has 0 aromatic rings. The number of esters is 1. The quantitative estimate of drug-likeness (QED) is 0.335. The van der Waals surface area contributed by atoms with Crippen molar-refractivity contribution in [1.82, 2.24) is 0 Å². The summed E-state index contributed by atoms with van der Waals surface area (Å²) in [5.74, 6) is -5.08. The van der Waals surface area contributed by atoms with Gasteiger partial charge in [0, 0.05) is 31.3 Å². The average Bonchev–Trinajstić information content (AvgIpc) is 3.07. The van der Waals surface area contributed by atoms with Gasteiger partial charge in [-0.2, -0.15) is 8.78 Å². The molecule has 4 nitrogen and oxygen atoms in total. The van der Waals surface area contributed by atoms with Gasteiger partial charge >= 0.3 is 11.9 Å². The Morgan fingerprint density at radius 1 is 1.32 bits per heavy atom. The summed E-state index contributed by atoms with van der Waals surface area (Å²) in [4.78, 5) is 23.4. The first kappa shape index (κ1) is 20.0. The molecular formula is C19H28F2O4. The van der Waals surface area contributed by atoms with E-state index < -0.39 is 18.1 Å². The van der Waals surface area contributed by atoms with Gasteiger partial charge in [-0.05, 0) is 18.9 Å². The zero-order valence-electron chi connectivity index (χ0n) is 15.0. The third kappa shape index (κ3) is 5.09. The second-order valence-corrected chi connectivity index (χ2v) is 7.00. The van der Waals surface area contributed by atoms with Crippen molar-refractivity contribution in [3.8, 4) is 0 Å². The first-order valence-corrected chi connectivity index (χ1v) is 9.30. The van der Waals surface area contributed by atoms with Crippen LogP contribution in [0.25, 0.3) is 0 Å². The molecule has 2 rings (SSSR count). The number of ether oxygens (including phenoxy) is 2. The molecule has 0 radical (unpaired) electrons. The van der Waals surface area contributed by atoms with E-state index in [1.165, 1.54) is 6.08 Å². The molecule has 1 aliphatic heterocycles. The number of ketones is 1. The van der Waals surface area contributed by atoms with E-state index >= 15 is 0 Å². The van der Waals surface area contributed by atoms with E-state index in [-0.39, 0.29) is 36.4 Å². The minimum absolute atomic E-state index is 0.0903. The Labute approximate surface area is 147 Å². The van der Waals surface area contributed by atoms with E-state index in [1.807, 2.05) is 6.92 Å². The van der Waals surface area contributed by atoms with E-state index in [1.54, 1.807) is 0 Å². The predicted molar refractivity (Wildman–Crippen MR) is 89.4 cm³/mol. The van der Waals surface area contributed by atoms with Crippen LogP contribution in [0, 0.1) is 11.8 Å². The molecule has 0 amide bonds. The Bertz CT molecular complexity index is 504. The third-order valence-corrected chi connectivity index (χ3v) is 5.06. The molecule has 1 saturated heterocycles. The summed E-state index contributed by atoms with van der Waals surface area (Å²) in [7, 11) is 0. The molecule has 0 N–H and O–H groups in total. The Balaban J connectivity index is 2.03. The lowest BCUT2D eigenvalue weighted by Gasteiger charge is -2.20. The van der Waals surface area contributed by atoms with Crippen LogP contribution < -0.4 is 0 Å². The smallest absolute Gasteiger partial charge is 0.309 e. The number of unbranched alkanes of at least 4 members (excludes halogenated alkanes) is 2. The van der Waals surface area contributed by atoms with Gasteiger partial charge in [0.15, 0.2) is 0 Å². The molecule has 0 aromatic heterocycles. The predicted octanol–water partition coefficient (Wildman–Crippen LogP) is 4.07. The van der Waals surface area contributed by atoms with Gasteiger partial charge in [-0.1, -0.05) is 32.8 Å². The van der Waals surface area contributed by atoms with E-state index in [2.05, 4.69) is 6.92 Å². The number of rotatable bonds is 10. The van der Waals surface area contributed by atoms with Crippen LogP contribution in [-0.2, 0) is 19.1 Å². The molecule has 0 bridgehead atoms. The van der Waals surface area contributed by atoms with Crippen molar-refractivity contribution in [3.05, 3.63) is 12.2 Å². The van der Waals surface area contributed by atoms with E-state index in [0.29, 0.717) is 25.9 Å². The van der Waals surface area contributed by atoms with Crippen LogP contribution in [0.5, 0.6) is 0 Å². The molecule has 0 spiro atoms. The zero-order valence-corrected chi connectivity index (χ0v) is 15.0. The maximum absolute atomic E-state index is 13.8. The lowest BCUT2D eigenvalue weighted by molar-refractivity contribution is -0.142. The van der Waals surface area contributed by atoms with Gasteiger partial charge in [-0.15, -0.1) is 0 Å². The number of fused-ring (bicyclic) bond motifs is 1. The SMILES string of the molecule is CCCCO[C@@H]1C[C@@H]2OC(=O)C[C@@H]2[C@H]1/C=C/C(=O)C(F)(F)CCCC. The highest BCUT2D eigenvalue weighted by Crippen LogP contribution is 2.43. The zero-order chi connectivity index (χ0) is 18.4. The topological polar surface area (TPSA) is 52.6 Å². The van der Waals surface area contributed by atoms with E-state index in [4.69, 9.17) is 9.47 Å². The van der Waals surface area contributed by atoms with Crippen LogP contribution in [-0.4, -0.2) is 36.5 Å². The van der Waals surface area contributed by atoms with Crippen LogP contribution in [0.4, 0.5) is 8.78 Å². The average molecular weight is 358 g/mol. The Morgan fingerprint density at radius 2 is 2.04 bits per heavy atom. The molecule has 25 heavy (non-hydrogen) atoms. The molecule has 1 saturated carbocycles. The Kier molecular flexibility index (Phi) is 7.11. The summed E-state index contributed by atoms with van der Waals surface area (Å²) in [6, 6.07) is 0. The first-order valence-electron chi connectivity index (χ1n) is 9.30. The first-order chi connectivity index (χ1) is 11.9. The van der Waals surface area contributed by atoms with Gasteiger partial charge in [-0.25, -0.2) is 0 Å².